The molecule has 2 aromatic rings. The standard InChI is InChI=1S/C15H12ClFO2S/c16-13-4-1-10(2-5-13)8-20-9-12-7-11(15(18)19)3-6-14(12)17/h1-7H,8-9H2,(H,18,19). The highest BCUT2D eigenvalue weighted by Gasteiger charge is 2.08. The number of carboxylic acid groups (broad SMARTS) is 1. The molecule has 0 bridgehead atoms. The summed E-state index contributed by atoms with van der Waals surface area (Å²) in [5.74, 6) is -0.281. The van der Waals surface area contributed by atoms with Gasteiger partial charge in [-0.25, -0.2) is 9.18 Å². The maximum Gasteiger partial charge on any atom is 0.335 e. The van der Waals surface area contributed by atoms with Crippen LogP contribution in [-0.4, -0.2) is 11.1 Å². The lowest BCUT2D eigenvalue weighted by molar-refractivity contribution is 0.0696. The van der Waals surface area contributed by atoms with E-state index >= 15 is 0 Å². The van der Waals surface area contributed by atoms with Gasteiger partial charge < -0.3 is 5.11 Å². The molecule has 0 unspecified atom stereocenters. The van der Waals surface area contributed by atoms with Crippen molar-refractivity contribution in [3.05, 3.63) is 70.0 Å². The fourth-order valence-corrected chi connectivity index (χ4v) is 2.78. The van der Waals surface area contributed by atoms with E-state index in [1.54, 1.807) is 0 Å². The Kier molecular flexibility index (Phi) is 5.04. The van der Waals surface area contributed by atoms with Crippen molar-refractivity contribution in [2.24, 2.45) is 0 Å². The molecule has 2 nitrogen and oxygen atoms in total. The van der Waals surface area contributed by atoms with Gasteiger partial charge in [0.2, 0.25) is 0 Å². The molecule has 0 fully saturated rings. The number of rotatable bonds is 5. The van der Waals surface area contributed by atoms with Gasteiger partial charge in [-0.1, -0.05) is 23.7 Å². The zero-order chi connectivity index (χ0) is 14.5. The Labute approximate surface area is 125 Å². The van der Waals surface area contributed by atoms with Gasteiger partial charge in [-0.05, 0) is 41.5 Å². The number of hydrogen-bond acceptors (Lipinski definition) is 2. The van der Waals surface area contributed by atoms with Crippen molar-refractivity contribution in [1.82, 2.24) is 0 Å². The molecule has 104 valence electrons. The van der Waals surface area contributed by atoms with E-state index in [1.807, 2.05) is 24.3 Å². The third-order valence-electron chi connectivity index (χ3n) is 2.73. The van der Waals surface area contributed by atoms with Gasteiger partial charge in [0.15, 0.2) is 0 Å². The number of halogens is 2. The molecule has 1 N–H and O–H groups in total. The highest BCUT2D eigenvalue weighted by atomic mass is 35.5. The van der Waals surface area contributed by atoms with E-state index in [-0.39, 0.29) is 11.4 Å². The summed E-state index contributed by atoms with van der Waals surface area (Å²) in [6, 6.07) is 11.3. The SMILES string of the molecule is O=C(O)c1ccc(F)c(CSCc2ccc(Cl)cc2)c1. The smallest absolute Gasteiger partial charge is 0.335 e. The van der Waals surface area contributed by atoms with Crippen LogP contribution in [0.25, 0.3) is 0 Å². The highest BCUT2D eigenvalue weighted by molar-refractivity contribution is 7.97. The number of carboxylic acids is 1. The zero-order valence-electron chi connectivity index (χ0n) is 10.5. The van der Waals surface area contributed by atoms with Crippen LogP contribution in [0.5, 0.6) is 0 Å². The molecule has 20 heavy (non-hydrogen) atoms. The maximum atomic E-state index is 13.6. The third kappa shape index (κ3) is 3.99. The third-order valence-corrected chi connectivity index (χ3v) is 4.04. The Bertz CT molecular complexity index is 614. The van der Waals surface area contributed by atoms with Crippen molar-refractivity contribution in [2.45, 2.75) is 11.5 Å². The van der Waals surface area contributed by atoms with Gasteiger partial charge in [0.25, 0.3) is 0 Å². The fraction of sp³-hybridized carbons (Fsp3) is 0.133. The molecule has 0 aliphatic carbocycles. The van der Waals surface area contributed by atoms with Gasteiger partial charge in [0.1, 0.15) is 5.82 Å². The first-order chi connectivity index (χ1) is 9.56. The van der Waals surface area contributed by atoms with Gasteiger partial charge in [-0.3, -0.25) is 0 Å². The molecule has 0 radical (unpaired) electrons. The monoisotopic (exact) mass is 310 g/mol. The summed E-state index contributed by atoms with van der Waals surface area (Å²) >= 11 is 7.32. The lowest BCUT2D eigenvalue weighted by Gasteiger charge is -2.05. The van der Waals surface area contributed by atoms with Crippen LogP contribution >= 0.6 is 23.4 Å². The van der Waals surface area contributed by atoms with E-state index in [2.05, 4.69) is 0 Å². The van der Waals surface area contributed by atoms with E-state index in [1.165, 1.54) is 30.0 Å². The first-order valence-corrected chi connectivity index (χ1v) is 7.43. The molecule has 5 heteroatoms. The Balaban J connectivity index is 1.98. The Morgan fingerprint density at radius 2 is 1.85 bits per heavy atom. The van der Waals surface area contributed by atoms with Gasteiger partial charge in [-0.2, -0.15) is 11.8 Å². The molecule has 0 heterocycles. The van der Waals surface area contributed by atoms with Crippen LogP contribution in [-0.2, 0) is 11.5 Å². The van der Waals surface area contributed by atoms with Crippen LogP contribution in [0, 0.1) is 5.82 Å². The Morgan fingerprint density at radius 3 is 2.50 bits per heavy atom. The molecule has 2 rings (SSSR count). The van der Waals surface area contributed by atoms with Crippen LogP contribution in [0.15, 0.2) is 42.5 Å². The molecule has 0 aliphatic rings. The zero-order valence-corrected chi connectivity index (χ0v) is 12.0. The topological polar surface area (TPSA) is 37.3 Å². The largest absolute Gasteiger partial charge is 0.478 e. The summed E-state index contributed by atoms with van der Waals surface area (Å²) in [6.07, 6.45) is 0. The minimum absolute atomic E-state index is 0.105. The Hall–Kier alpha value is -1.52. The second-order valence-electron chi connectivity index (χ2n) is 4.23. The summed E-state index contributed by atoms with van der Waals surface area (Å²) in [4.78, 5) is 10.8. The van der Waals surface area contributed by atoms with Crippen molar-refractivity contribution < 1.29 is 14.3 Å². The van der Waals surface area contributed by atoms with Gasteiger partial charge in [0.05, 0.1) is 5.56 Å². The van der Waals surface area contributed by atoms with E-state index < -0.39 is 5.97 Å². The maximum absolute atomic E-state index is 13.6. The molecular weight excluding hydrogens is 299 g/mol. The first-order valence-electron chi connectivity index (χ1n) is 5.90. The summed E-state index contributed by atoms with van der Waals surface area (Å²) in [5, 5.41) is 9.57. The van der Waals surface area contributed by atoms with Crippen LogP contribution in [0.2, 0.25) is 5.02 Å². The number of carbonyl (C=O) groups is 1. The van der Waals surface area contributed by atoms with Crippen molar-refractivity contribution >= 4 is 29.3 Å². The average Bonchev–Trinajstić information content (AvgIpc) is 2.43. The number of thioether (sulfide) groups is 1. The van der Waals surface area contributed by atoms with Gasteiger partial charge in [-0.15, -0.1) is 0 Å². The Morgan fingerprint density at radius 1 is 1.15 bits per heavy atom. The van der Waals surface area contributed by atoms with Crippen molar-refractivity contribution in [3.8, 4) is 0 Å². The van der Waals surface area contributed by atoms with E-state index in [0.29, 0.717) is 22.1 Å². The van der Waals surface area contributed by atoms with E-state index in [0.717, 1.165) is 5.56 Å². The second-order valence-corrected chi connectivity index (χ2v) is 5.65. The number of benzene rings is 2. The molecule has 0 saturated carbocycles. The lowest BCUT2D eigenvalue weighted by atomic mass is 10.1. The highest BCUT2D eigenvalue weighted by Crippen LogP contribution is 2.21. The lowest BCUT2D eigenvalue weighted by Crippen LogP contribution is -1.99. The van der Waals surface area contributed by atoms with Crippen LogP contribution < -0.4 is 0 Å². The molecule has 2 aromatic carbocycles. The minimum Gasteiger partial charge on any atom is -0.478 e. The summed E-state index contributed by atoms with van der Waals surface area (Å²) in [6.45, 7) is 0. The quantitative estimate of drug-likeness (QED) is 0.876. The van der Waals surface area contributed by atoms with E-state index in [9.17, 15) is 9.18 Å². The van der Waals surface area contributed by atoms with Crippen LogP contribution in [0.3, 0.4) is 0 Å². The summed E-state index contributed by atoms with van der Waals surface area (Å²) < 4.78 is 13.6. The molecule has 0 aliphatic heterocycles. The van der Waals surface area contributed by atoms with Gasteiger partial charge >= 0.3 is 5.97 Å². The average molecular weight is 311 g/mol. The molecular formula is C15H12ClFO2S. The van der Waals surface area contributed by atoms with Crippen LogP contribution in [0.1, 0.15) is 21.5 Å². The molecule has 0 saturated heterocycles. The minimum atomic E-state index is -1.05. The number of aromatic carboxylic acids is 1. The van der Waals surface area contributed by atoms with E-state index in [4.69, 9.17) is 16.7 Å². The van der Waals surface area contributed by atoms with Crippen molar-refractivity contribution in [2.75, 3.05) is 0 Å². The molecule has 0 spiro atoms. The van der Waals surface area contributed by atoms with Crippen LogP contribution in [0.4, 0.5) is 4.39 Å². The second kappa shape index (κ2) is 6.77. The molecule has 0 amide bonds. The predicted molar refractivity (Wildman–Crippen MR) is 79.8 cm³/mol. The van der Waals surface area contributed by atoms with Gasteiger partial charge in [0, 0.05) is 16.5 Å². The molecule has 0 aromatic heterocycles. The normalized spacial score (nSPS) is 10.5. The predicted octanol–water partition coefficient (Wildman–Crippen LogP) is 4.61. The fourth-order valence-electron chi connectivity index (χ4n) is 1.68. The summed E-state index contributed by atoms with van der Waals surface area (Å²) in [5.41, 5.74) is 1.60. The molecule has 0 atom stereocenters. The van der Waals surface area contributed by atoms with Crippen molar-refractivity contribution in [1.29, 1.82) is 0 Å². The van der Waals surface area contributed by atoms with Crippen molar-refractivity contribution in [3.63, 3.8) is 0 Å². The number of hydrogen-bond donors (Lipinski definition) is 1. The first kappa shape index (κ1) is 14.9. The summed E-state index contributed by atoms with van der Waals surface area (Å²) in [7, 11) is 0.